The van der Waals surface area contributed by atoms with Crippen LogP contribution in [0, 0.1) is 6.92 Å². The number of amides is 1. The molecule has 124 valence electrons. The second kappa shape index (κ2) is 6.95. The lowest BCUT2D eigenvalue weighted by atomic mass is 10.1. The van der Waals surface area contributed by atoms with Crippen LogP contribution in [0.4, 0.5) is 0 Å². The van der Waals surface area contributed by atoms with E-state index in [1.165, 1.54) is 6.26 Å². The summed E-state index contributed by atoms with van der Waals surface area (Å²) in [6.45, 7) is 3.47. The van der Waals surface area contributed by atoms with Gasteiger partial charge in [0.25, 0.3) is 5.91 Å². The van der Waals surface area contributed by atoms with Crippen LogP contribution in [0.15, 0.2) is 34.9 Å². The summed E-state index contributed by atoms with van der Waals surface area (Å²) in [5.41, 5.74) is 1.64. The molecule has 0 bridgehead atoms. The van der Waals surface area contributed by atoms with E-state index in [4.69, 9.17) is 4.52 Å². The van der Waals surface area contributed by atoms with Crippen molar-refractivity contribution in [2.24, 2.45) is 0 Å². The molecule has 2 rings (SSSR count). The Hall–Kier alpha value is -2.15. The molecule has 0 saturated heterocycles. The molecule has 1 aromatic carbocycles. The summed E-state index contributed by atoms with van der Waals surface area (Å²) in [6.07, 6.45) is 1.54. The third-order valence-corrected chi connectivity index (χ3v) is 4.40. The van der Waals surface area contributed by atoms with Crippen molar-refractivity contribution in [1.82, 2.24) is 10.5 Å². The summed E-state index contributed by atoms with van der Waals surface area (Å²) in [4.78, 5) is 12.5. The molecule has 7 heteroatoms. The molecule has 1 N–H and O–H groups in total. The lowest BCUT2D eigenvalue weighted by molar-refractivity contribution is 0.0939. The Morgan fingerprint density at radius 3 is 2.57 bits per heavy atom. The average Bonchev–Trinajstić information content (AvgIpc) is 2.87. The highest BCUT2D eigenvalue weighted by atomic mass is 32.2. The standard InChI is InChI=1S/C16H20N2O4S/c1-11(9-10-23(3,20)21)17-16(19)14-12(2)18-22-15(14)13-7-5-4-6-8-13/h4-8,11H,9-10H2,1-3H3,(H,17,19). The van der Waals surface area contributed by atoms with Gasteiger partial charge in [-0.25, -0.2) is 8.42 Å². The smallest absolute Gasteiger partial charge is 0.257 e. The molecule has 1 amide bonds. The Labute approximate surface area is 135 Å². The molecule has 2 aromatic rings. The van der Waals surface area contributed by atoms with E-state index in [1.54, 1.807) is 13.8 Å². The van der Waals surface area contributed by atoms with Gasteiger partial charge in [-0.2, -0.15) is 0 Å². The SMILES string of the molecule is Cc1noc(-c2ccccc2)c1C(=O)NC(C)CCS(C)(=O)=O. The van der Waals surface area contributed by atoms with E-state index in [0.717, 1.165) is 5.56 Å². The molecular weight excluding hydrogens is 316 g/mol. The maximum absolute atomic E-state index is 12.5. The summed E-state index contributed by atoms with van der Waals surface area (Å²) in [7, 11) is -3.05. The Morgan fingerprint density at radius 2 is 1.96 bits per heavy atom. The number of nitrogens with zero attached hydrogens (tertiary/aromatic N) is 1. The van der Waals surface area contributed by atoms with Gasteiger partial charge in [-0.1, -0.05) is 35.5 Å². The largest absolute Gasteiger partial charge is 0.355 e. The fraction of sp³-hybridized carbons (Fsp3) is 0.375. The highest BCUT2D eigenvalue weighted by molar-refractivity contribution is 7.90. The van der Waals surface area contributed by atoms with Gasteiger partial charge in [0.05, 0.1) is 11.4 Å². The fourth-order valence-electron chi connectivity index (χ4n) is 2.18. The number of carbonyl (C=O) groups is 1. The third-order valence-electron chi connectivity index (χ3n) is 3.42. The number of carbonyl (C=O) groups excluding carboxylic acids is 1. The van der Waals surface area contributed by atoms with E-state index >= 15 is 0 Å². The second-order valence-electron chi connectivity index (χ2n) is 5.63. The van der Waals surface area contributed by atoms with Gasteiger partial charge < -0.3 is 9.84 Å². The fourth-order valence-corrected chi connectivity index (χ4v) is 2.96. The van der Waals surface area contributed by atoms with Crippen LogP contribution >= 0.6 is 0 Å². The average molecular weight is 336 g/mol. The van der Waals surface area contributed by atoms with Crippen LogP contribution in [-0.2, 0) is 9.84 Å². The molecule has 23 heavy (non-hydrogen) atoms. The van der Waals surface area contributed by atoms with Gasteiger partial charge in [-0.3, -0.25) is 4.79 Å². The summed E-state index contributed by atoms with van der Waals surface area (Å²) in [5, 5.41) is 6.68. The minimum absolute atomic E-state index is 0.0304. The van der Waals surface area contributed by atoms with Crippen molar-refractivity contribution < 1.29 is 17.7 Å². The topological polar surface area (TPSA) is 89.3 Å². The Morgan fingerprint density at radius 1 is 1.30 bits per heavy atom. The number of benzene rings is 1. The van der Waals surface area contributed by atoms with Gasteiger partial charge >= 0.3 is 0 Å². The zero-order valence-electron chi connectivity index (χ0n) is 13.4. The summed E-state index contributed by atoms with van der Waals surface area (Å²) < 4.78 is 27.7. The molecule has 0 aliphatic rings. The van der Waals surface area contributed by atoms with Gasteiger partial charge in [-0.15, -0.1) is 0 Å². The van der Waals surface area contributed by atoms with Crippen LogP contribution in [0.3, 0.4) is 0 Å². The molecule has 0 spiro atoms. The van der Waals surface area contributed by atoms with Crippen LogP contribution < -0.4 is 5.32 Å². The molecule has 6 nitrogen and oxygen atoms in total. The van der Waals surface area contributed by atoms with Gasteiger partial charge in [-0.05, 0) is 20.3 Å². The third kappa shape index (κ3) is 4.66. The van der Waals surface area contributed by atoms with E-state index < -0.39 is 9.84 Å². The minimum Gasteiger partial charge on any atom is -0.355 e. The number of hydrogen-bond donors (Lipinski definition) is 1. The predicted molar refractivity (Wildman–Crippen MR) is 87.9 cm³/mol. The molecule has 0 aliphatic carbocycles. The monoisotopic (exact) mass is 336 g/mol. The first-order chi connectivity index (χ1) is 10.8. The molecule has 0 fully saturated rings. The summed E-state index contributed by atoms with van der Waals surface area (Å²) in [6, 6.07) is 8.98. The second-order valence-corrected chi connectivity index (χ2v) is 7.89. The maximum Gasteiger partial charge on any atom is 0.257 e. The van der Waals surface area contributed by atoms with E-state index in [0.29, 0.717) is 23.4 Å². The number of aromatic nitrogens is 1. The minimum atomic E-state index is -3.05. The van der Waals surface area contributed by atoms with Crippen LogP contribution in [0.5, 0.6) is 0 Å². The van der Waals surface area contributed by atoms with E-state index in [9.17, 15) is 13.2 Å². The van der Waals surface area contributed by atoms with Gasteiger partial charge in [0.2, 0.25) is 0 Å². The molecule has 1 unspecified atom stereocenters. The normalized spacial score (nSPS) is 12.8. The number of nitrogens with one attached hydrogen (secondary N) is 1. The Kier molecular flexibility index (Phi) is 5.20. The van der Waals surface area contributed by atoms with Crippen molar-refractivity contribution in [3.63, 3.8) is 0 Å². The van der Waals surface area contributed by atoms with E-state index in [1.807, 2.05) is 30.3 Å². The molecule has 1 aromatic heterocycles. The molecule has 1 atom stereocenters. The number of rotatable bonds is 6. The van der Waals surface area contributed by atoms with E-state index in [-0.39, 0.29) is 17.7 Å². The van der Waals surface area contributed by atoms with Crippen molar-refractivity contribution in [3.8, 4) is 11.3 Å². The number of hydrogen-bond acceptors (Lipinski definition) is 5. The van der Waals surface area contributed by atoms with E-state index in [2.05, 4.69) is 10.5 Å². The van der Waals surface area contributed by atoms with Crippen molar-refractivity contribution in [3.05, 3.63) is 41.6 Å². The summed E-state index contributed by atoms with van der Waals surface area (Å²) >= 11 is 0. The van der Waals surface area contributed by atoms with Gasteiger partial charge in [0.15, 0.2) is 5.76 Å². The van der Waals surface area contributed by atoms with Gasteiger partial charge in [0.1, 0.15) is 15.4 Å². The van der Waals surface area contributed by atoms with Crippen molar-refractivity contribution in [2.75, 3.05) is 12.0 Å². The number of sulfone groups is 1. The zero-order valence-corrected chi connectivity index (χ0v) is 14.2. The lowest BCUT2D eigenvalue weighted by Gasteiger charge is -2.13. The first kappa shape index (κ1) is 17.2. The Balaban J connectivity index is 2.16. The van der Waals surface area contributed by atoms with Crippen LogP contribution in [0.2, 0.25) is 0 Å². The van der Waals surface area contributed by atoms with Gasteiger partial charge in [0, 0.05) is 17.9 Å². The van der Waals surface area contributed by atoms with Crippen LogP contribution in [-0.4, -0.2) is 37.5 Å². The Bertz CT molecular complexity index is 782. The predicted octanol–water partition coefficient (Wildman–Crippen LogP) is 2.20. The molecule has 0 aliphatic heterocycles. The summed E-state index contributed by atoms with van der Waals surface area (Å²) in [5.74, 6) is 0.127. The first-order valence-electron chi connectivity index (χ1n) is 7.28. The van der Waals surface area contributed by atoms with Crippen molar-refractivity contribution in [1.29, 1.82) is 0 Å². The maximum atomic E-state index is 12.5. The number of aryl methyl sites for hydroxylation is 1. The first-order valence-corrected chi connectivity index (χ1v) is 9.34. The highest BCUT2D eigenvalue weighted by Crippen LogP contribution is 2.26. The molecular formula is C16H20N2O4S. The molecule has 0 radical (unpaired) electrons. The highest BCUT2D eigenvalue weighted by Gasteiger charge is 2.23. The van der Waals surface area contributed by atoms with Crippen LogP contribution in [0.1, 0.15) is 29.4 Å². The van der Waals surface area contributed by atoms with Crippen molar-refractivity contribution in [2.45, 2.75) is 26.3 Å². The quantitative estimate of drug-likeness (QED) is 0.873. The zero-order chi connectivity index (χ0) is 17.0. The lowest BCUT2D eigenvalue weighted by Crippen LogP contribution is -2.34. The van der Waals surface area contributed by atoms with Crippen molar-refractivity contribution >= 4 is 15.7 Å². The molecule has 0 saturated carbocycles. The van der Waals surface area contributed by atoms with Crippen LogP contribution in [0.25, 0.3) is 11.3 Å². The molecule has 1 heterocycles.